The highest BCUT2D eigenvalue weighted by molar-refractivity contribution is 7.17. The van der Waals surface area contributed by atoms with Gasteiger partial charge in [0.2, 0.25) is 0 Å². The van der Waals surface area contributed by atoms with Gasteiger partial charge in [-0.05, 0) is 72.9 Å². The zero-order valence-electron chi connectivity index (χ0n) is 18.9. The van der Waals surface area contributed by atoms with Crippen LogP contribution in [-0.2, 0) is 19.4 Å². The van der Waals surface area contributed by atoms with Gasteiger partial charge in [-0.3, -0.25) is 9.59 Å². The average Bonchev–Trinajstić information content (AvgIpc) is 3.51. The predicted molar refractivity (Wildman–Crippen MR) is 137 cm³/mol. The van der Waals surface area contributed by atoms with Crippen molar-refractivity contribution in [3.8, 4) is 0 Å². The molecule has 2 amide bonds. The summed E-state index contributed by atoms with van der Waals surface area (Å²) in [5, 5.41) is 8.64. The van der Waals surface area contributed by atoms with Gasteiger partial charge in [0.15, 0.2) is 0 Å². The number of nitrogens with zero attached hydrogens (tertiary/aromatic N) is 1. The van der Waals surface area contributed by atoms with Gasteiger partial charge in [0.05, 0.1) is 15.8 Å². The molecule has 1 aliphatic carbocycles. The molecule has 0 bridgehead atoms. The Labute approximate surface area is 205 Å². The number of halogens is 1. The van der Waals surface area contributed by atoms with Gasteiger partial charge in [0.1, 0.15) is 16.5 Å². The molecule has 1 aliphatic rings. The van der Waals surface area contributed by atoms with Crippen LogP contribution in [0.4, 0.5) is 9.39 Å². The summed E-state index contributed by atoms with van der Waals surface area (Å²) in [6.45, 7) is 3.00. The normalized spacial score (nSPS) is 13.1. The van der Waals surface area contributed by atoms with Crippen LogP contribution in [0.3, 0.4) is 0 Å². The quantitative estimate of drug-likeness (QED) is 0.320. The summed E-state index contributed by atoms with van der Waals surface area (Å²) in [6.07, 6.45) is 4.81. The van der Waals surface area contributed by atoms with Gasteiger partial charge in [-0.1, -0.05) is 19.1 Å². The van der Waals surface area contributed by atoms with Crippen LogP contribution in [0.2, 0.25) is 0 Å². The SMILES string of the molecule is CCCNC(=O)c1c(NC(=O)c2cc3sccc3n2Cc2cccc(F)c2)sc2c1CCCC2. The molecule has 0 saturated carbocycles. The summed E-state index contributed by atoms with van der Waals surface area (Å²) in [4.78, 5) is 27.7. The molecule has 3 aromatic heterocycles. The van der Waals surface area contributed by atoms with E-state index in [0.717, 1.165) is 53.4 Å². The Kier molecular flexibility index (Phi) is 6.52. The van der Waals surface area contributed by atoms with Crippen molar-refractivity contribution >= 4 is 49.7 Å². The summed E-state index contributed by atoms with van der Waals surface area (Å²) >= 11 is 3.08. The molecule has 5 nitrogen and oxygen atoms in total. The van der Waals surface area contributed by atoms with Gasteiger partial charge in [0.25, 0.3) is 11.8 Å². The molecular formula is C26H26FN3O2S2. The van der Waals surface area contributed by atoms with Gasteiger partial charge >= 0.3 is 0 Å². The number of carbonyl (C=O) groups is 2. The zero-order chi connectivity index (χ0) is 23.7. The molecule has 0 radical (unpaired) electrons. The second kappa shape index (κ2) is 9.72. The summed E-state index contributed by atoms with van der Waals surface area (Å²) < 4.78 is 16.7. The van der Waals surface area contributed by atoms with Crippen molar-refractivity contribution in [2.24, 2.45) is 0 Å². The number of hydrogen-bond acceptors (Lipinski definition) is 4. The lowest BCUT2D eigenvalue weighted by molar-refractivity contribution is 0.0954. The van der Waals surface area contributed by atoms with Crippen molar-refractivity contribution < 1.29 is 14.0 Å². The first kappa shape index (κ1) is 22.8. The van der Waals surface area contributed by atoms with Gasteiger partial charge in [0, 0.05) is 18.0 Å². The minimum atomic E-state index is -0.302. The van der Waals surface area contributed by atoms with E-state index < -0.39 is 0 Å². The molecule has 0 aliphatic heterocycles. The molecule has 176 valence electrons. The molecule has 1 aromatic carbocycles. The minimum absolute atomic E-state index is 0.118. The number of rotatable bonds is 7. The Morgan fingerprint density at radius 2 is 1.97 bits per heavy atom. The lowest BCUT2D eigenvalue weighted by Gasteiger charge is -2.13. The van der Waals surface area contributed by atoms with Crippen LogP contribution in [0.5, 0.6) is 0 Å². The van der Waals surface area contributed by atoms with E-state index in [1.165, 1.54) is 28.3 Å². The Morgan fingerprint density at radius 1 is 1.12 bits per heavy atom. The molecule has 0 atom stereocenters. The number of carbonyl (C=O) groups excluding carboxylic acids is 2. The van der Waals surface area contributed by atoms with Crippen molar-refractivity contribution in [3.05, 3.63) is 74.9 Å². The molecule has 2 N–H and O–H groups in total. The molecule has 8 heteroatoms. The number of amides is 2. The van der Waals surface area contributed by atoms with Crippen LogP contribution >= 0.6 is 22.7 Å². The van der Waals surface area contributed by atoms with E-state index >= 15 is 0 Å². The van der Waals surface area contributed by atoms with Crippen LogP contribution < -0.4 is 10.6 Å². The second-order valence-corrected chi connectivity index (χ2v) is 10.6. The van der Waals surface area contributed by atoms with E-state index in [0.29, 0.717) is 29.3 Å². The Balaban J connectivity index is 1.49. The van der Waals surface area contributed by atoms with Crippen LogP contribution in [0.1, 0.15) is 63.0 Å². The predicted octanol–water partition coefficient (Wildman–Crippen LogP) is 6.22. The second-order valence-electron chi connectivity index (χ2n) is 8.54. The Morgan fingerprint density at radius 3 is 2.79 bits per heavy atom. The fourth-order valence-corrected chi connectivity index (χ4v) is 6.65. The fraction of sp³-hybridized carbons (Fsp3) is 0.308. The van der Waals surface area contributed by atoms with Crippen molar-refractivity contribution in [2.75, 3.05) is 11.9 Å². The Hall–Kier alpha value is -2.97. The maximum atomic E-state index is 13.8. The monoisotopic (exact) mass is 495 g/mol. The van der Waals surface area contributed by atoms with Gasteiger partial charge in [-0.2, -0.15) is 0 Å². The summed E-state index contributed by atoms with van der Waals surface area (Å²) in [6, 6.07) is 10.3. The van der Waals surface area contributed by atoms with E-state index in [-0.39, 0.29) is 17.6 Å². The summed E-state index contributed by atoms with van der Waals surface area (Å²) in [5.74, 6) is -0.681. The first-order valence-corrected chi connectivity index (χ1v) is 13.3. The van der Waals surface area contributed by atoms with E-state index in [1.807, 2.05) is 35.1 Å². The minimum Gasteiger partial charge on any atom is -0.352 e. The molecule has 5 rings (SSSR count). The third kappa shape index (κ3) is 4.40. The van der Waals surface area contributed by atoms with Crippen molar-refractivity contribution in [3.63, 3.8) is 0 Å². The zero-order valence-corrected chi connectivity index (χ0v) is 20.6. The van der Waals surface area contributed by atoms with Crippen molar-refractivity contribution in [1.82, 2.24) is 9.88 Å². The van der Waals surface area contributed by atoms with Crippen molar-refractivity contribution in [1.29, 1.82) is 0 Å². The number of aromatic nitrogens is 1. The van der Waals surface area contributed by atoms with E-state index in [4.69, 9.17) is 0 Å². The maximum Gasteiger partial charge on any atom is 0.272 e. The van der Waals surface area contributed by atoms with Gasteiger partial charge in [-0.15, -0.1) is 22.7 Å². The van der Waals surface area contributed by atoms with Crippen LogP contribution in [0.15, 0.2) is 41.8 Å². The number of benzene rings is 1. The standard InChI is InChI=1S/C26H26FN3O2S2/c1-2-11-28-25(32)23-18-8-3-4-9-21(18)34-26(23)29-24(31)20-14-22-19(10-12-33-22)30(20)15-16-6-5-7-17(27)13-16/h5-7,10,12-14H,2-4,8-9,11,15H2,1H3,(H,28,32)(H,29,31). The number of hydrogen-bond donors (Lipinski definition) is 2. The molecule has 34 heavy (non-hydrogen) atoms. The smallest absolute Gasteiger partial charge is 0.272 e. The van der Waals surface area contributed by atoms with Crippen molar-refractivity contribution in [2.45, 2.75) is 45.6 Å². The highest BCUT2D eigenvalue weighted by atomic mass is 32.1. The number of nitrogens with one attached hydrogen (secondary N) is 2. The lowest BCUT2D eigenvalue weighted by Crippen LogP contribution is -2.26. The largest absolute Gasteiger partial charge is 0.352 e. The van der Waals surface area contributed by atoms with E-state index in [1.54, 1.807) is 17.4 Å². The van der Waals surface area contributed by atoms with Crippen LogP contribution in [0, 0.1) is 5.82 Å². The highest BCUT2D eigenvalue weighted by Gasteiger charge is 2.27. The number of fused-ring (bicyclic) bond motifs is 2. The maximum absolute atomic E-state index is 13.8. The first-order valence-electron chi connectivity index (χ1n) is 11.6. The molecule has 0 unspecified atom stereocenters. The number of anilines is 1. The lowest BCUT2D eigenvalue weighted by atomic mass is 9.95. The Bertz CT molecular complexity index is 1370. The molecule has 0 fully saturated rings. The number of thiophene rings is 2. The summed E-state index contributed by atoms with van der Waals surface area (Å²) in [7, 11) is 0. The molecule has 4 aromatic rings. The van der Waals surface area contributed by atoms with Gasteiger partial charge < -0.3 is 15.2 Å². The molecule has 0 saturated heterocycles. The van der Waals surface area contributed by atoms with E-state index in [2.05, 4.69) is 10.6 Å². The first-order chi connectivity index (χ1) is 16.5. The van der Waals surface area contributed by atoms with Crippen LogP contribution in [-0.4, -0.2) is 22.9 Å². The average molecular weight is 496 g/mol. The van der Waals surface area contributed by atoms with E-state index in [9.17, 15) is 14.0 Å². The number of aryl methyl sites for hydroxylation is 1. The van der Waals surface area contributed by atoms with Gasteiger partial charge in [-0.25, -0.2) is 4.39 Å². The third-order valence-corrected chi connectivity index (χ3v) is 8.21. The highest BCUT2D eigenvalue weighted by Crippen LogP contribution is 2.38. The summed E-state index contributed by atoms with van der Waals surface area (Å²) in [5.41, 5.74) is 3.91. The molecular weight excluding hydrogens is 469 g/mol. The molecule has 3 heterocycles. The fourth-order valence-electron chi connectivity index (χ4n) is 4.54. The van der Waals surface area contributed by atoms with Crippen LogP contribution in [0.25, 0.3) is 10.2 Å². The topological polar surface area (TPSA) is 63.1 Å². The molecule has 0 spiro atoms. The third-order valence-electron chi connectivity index (χ3n) is 6.15.